The lowest BCUT2D eigenvalue weighted by Crippen LogP contribution is -2.38. The van der Waals surface area contributed by atoms with Crippen molar-refractivity contribution in [2.75, 3.05) is 30.4 Å². The summed E-state index contributed by atoms with van der Waals surface area (Å²) in [5, 5.41) is 3.61. The summed E-state index contributed by atoms with van der Waals surface area (Å²) < 4.78 is 6.23. The molecular weight excluding hydrogens is 350 g/mol. The number of amides is 1. The van der Waals surface area contributed by atoms with Gasteiger partial charge in [0, 0.05) is 31.4 Å². The molecule has 2 aromatic heterocycles. The average molecular weight is 369 g/mol. The van der Waals surface area contributed by atoms with Gasteiger partial charge in [0.15, 0.2) is 5.13 Å². The van der Waals surface area contributed by atoms with Crippen molar-refractivity contribution in [3.8, 4) is 5.75 Å². The Balaban J connectivity index is 1.38. The van der Waals surface area contributed by atoms with E-state index in [9.17, 15) is 4.79 Å². The number of benzene rings is 1. The summed E-state index contributed by atoms with van der Waals surface area (Å²) in [6, 6.07) is 5.71. The largest absolute Gasteiger partial charge is 0.497 e. The van der Waals surface area contributed by atoms with Crippen LogP contribution in [-0.2, 0) is 4.79 Å². The van der Waals surface area contributed by atoms with Gasteiger partial charge in [-0.1, -0.05) is 11.3 Å². The van der Waals surface area contributed by atoms with Gasteiger partial charge in [-0.25, -0.2) is 9.97 Å². The first-order chi connectivity index (χ1) is 12.7. The Bertz CT molecular complexity index is 906. The molecule has 0 aliphatic carbocycles. The molecule has 0 radical (unpaired) electrons. The molecule has 1 aromatic carbocycles. The number of nitrogens with one attached hydrogen (secondary N) is 1. The number of carbonyl (C=O) groups is 1. The molecule has 8 heteroatoms. The van der Waals surface area contributed by atoms with E-state index in [-0.39, 0.29) is 11.8 Å². The van der Waals surface area contributed by atoms with Crippen molar-refractivity contribution in [3.05, 3.63) is 36.8 Å². The molecule has 7 nitrogen and oxygen atoms in total. The third-order valence-corrected chi connectivity index (χ3v) is 5.50. The van der Waals surface area contributed by atoms with Gasteiger partial charge in [0.05, 0.1) is 23.5 Å². The number of nitrogens with zero attached hydrogens (tertiary/aromatic N) is 4. The van der Waals surface area contributed by atoms with Gasteiger partial charge in [-0.05, 0) is 31.0 Å². The molecule has 0 unspecified atom stereocenters. The molecule has 0 atom stereocenters. The first-order valence-corrected chi connectivity index (χ1v) is 9.31. The van der Waals surface area contributed by atoms with Crippen molar-refractivity contribution in [2.24, 2.45) is 5.92 Å². The van der Waals surface area contributed by atoms with E-state index >= 15 is 0 Å². The summed E-state index contributed by atoms with van der Waals surface area (Å²) in [7, 11) is 1.64. The van der Waals surface area contributed by atoms with E-state index in [1.807, 2.05) is 18.2 Å². The second-order valence-electron chi connectivity index (χ2n) is 6.17. The fourth-order valence-corrected chi connectivity index (χ4v) is 4.02. The van der Waals surface area contributed by atoms with Crippen LogP contribution in [0.5, 0.6) is 5.75 Å². The second kappa shape index (κ2) is 7.25. The maximum Gasteiger partial charge on any atom is 0.229 e. The van der Waals surface area contributed by atoms with Gasteiger partial charge in [-0.15, -0.1) is 0 Å². The molecule has 1 aliphatic heterocycles. The number of piperidine rings is 1. The van der Waals surface area contributed by atoms with Gasteiger partial charge < -0.3 is 15.0 Å². The lowest BCUT2D eigenvalue weighted by Gasteiger charge is -2.31. The summed E-state index contributed by atoms with van der Waals surface area (Å²) in [6.07, 6.45) is 6.70. The normalized spacial score (nSPS) is 15.2. The molecular formula is C18H19N5O2S. The third-order valence-electron chi connectivity index (χ3n) is 4.57. The minimum Gasteiger partial charge on any atom is -0.497 e. The predicted molar refractivity (Wildman–Crippen MR) is 102 cm³/mol. The highest BCUT2D eigenvalue weighted by Crippen LogP contribution is 2.30. The summed E-state index contributed by atoms with van der Waals surface area (Å²) in [5.74, 6) is 1.68. The summed E-state index contributed by atoms with van der Waals surface area (Å²) in [5.41, 5.74) is 0.864. The van der Waals surface area contributed by atoms with Gasteiger partial charge in [-0.2, -0.15) is 0 Å². The Labute approximate surface area is 155 Å². The molecule has 1 fully saturated rings. The number of thiazole rings is 1. The first kappa shape index (κ1) is 16.7. The van der Waals surface area contributed by atoms with Crippen molar-refractivity contribution in [1.82, 2.24) is 15.0 Å². The van der Waals surface area contributed by atoms with E-state index in [1.165, 1.54) is 11.3 Å². The summed E-state index contributed by atoms with van der Waals surface area (Å²) >= 11 is 1.46. The van der Waals surface area contributed by atoms with Gasteiger partial charge in [-0.3, -0.25) is 9.78 Å². The van der Waals surface area contributed by atoms with E-state index < -0.39 is 0 Å². The zero-order valence-corrected chi connectivity index (χ0v) is 15.2. The number of rotatable bonds is 4. The van der Waals surface area contributed by atoms with Crippen molar-refractivity contribution < 1.29 is 9.53 Å². The van der Waals surface area contributed by atoms with E-state index in [2.05, 4.69) is 25.2 Å². The maximum atomic E-state index is 12.6. The Kier molecular flexibility index (Phi) is 4.66. The molecule has 3 aromatic rings. The van der Waals surface area contributed by atoms with Crippen LogP contribution in [0.2, 0.25) is 0 Å². The zero-order chi connectivity index (χ0) is 17.9. The molecule has 134 valence electrons. The minimum absolute atomic E-state index is 0.00975. The molecule has 0 bridgehead atoms. The number of aromatic nitrogens is 3. The second-order valence-corrected chi connectivity index (χ2v) is 7.20. The van der Waals surface area contributed by atoms with Gasteiger partial charge in [0.2, 0.25) is 5.91 Å². The predicted octanol–water partition coefficient (Wildman–Crippen LogP) is 2.95. The van der Waals surface area contributed by atoms with E-state index in [0.29, 0.717) is 5.13 Å². The molecule has 0 saturated carbocycles. The van der Waals surface area contributed by atoms with Crippen LogP contribution in [0.4, 0.5) is 10.9 Å². The Morgan fingerprint density at radius 3 is 2.88 bits per heavy atom. The maximum absolute atomic E-state index is 12.6. The molecule has 1 aliphatic rings. The van der Waals surface area contributed by atoms with Crippen molar-refractivity contribution in [2.45, 2.75) is 12.8 Å². The van der Waals surface area contributed by atoms with Crippen LogP contribution in [0.1, 0.15) is 12.8 Å². The Hall–Kier alpha value is -2.74. The molecule has 1 N–H and O–H groups in total. The fraction of sp³-hybridized carbons (Fsp3) is 0.333. The Morgan fingerprint density at radius 2 is 2.15 bits per heavy atom. The van der Waals surface area contributed by atoms with Gasteiger partial charge >= 0.3 is 0 Å². The van der Waals surface area contributed by atoms with Gasteiger partial charge in [0.1, 0.15) is 11.6 Å². The standard InChI is InChI=1S/C18H19N5O2S/c1-25-13-2-3-14-15(10-13)26-18(21-14)22-17(24)12-4-8-23(9-5-12)16-11-19-6-7-20-16/h2-3,6-7,10-12H,4-5,8-9H2,1H3,(H,21,22,24). The summed E-state index contributed by atoms with van der Waals surface area (Å²) in [4.78, 5) is 27.7. The van der Waals surface area contributed by atoms with Crippen molar-refractivity contribution in [3.63, 3.8) is 0 Å². The highest BCUT2D eigenvalue weighted by atomic mass is 32.1. The monoisotopic (exact) mass is 369 g/mol. The van der Waals surface area contributed by atoms with Crippen molar-refractivity contribution >= 4 is 38.4 Å². The highest BCUT2D eigenvalue weighted by Gasteiger charge is 2.26. The van der Waals surface area contributed by atoms with Crippen LogP contribution in [0.3, 0.4) is 0 Å². The molecule has 3 heterocycles. The number of hydrogen-bond donors (Lipinski definition) is 1. The first-order valence-electron chi connectivity index (χ1n) is 8.49. The van der Waals surface area contributed by atoms with Gasteiger partial charge in [0.25, 0.3) is 0 Å². The average Bonchev–Trinajstić information content (AvgIpc) is 3.10. The highest BCUT2D eigenvalue weighted by molar-refractivity contribution is 7.22. The molecule has 0 spiro atoms. The number of ether oxygens (including phenoxy) is 1. The SMILES string of the molecule is COc1ccc2nc(NC(=O)C3CCN(c4cnccn4)CC3)sc2c1. The molecule has 4 rings (SSSR count). The van der Waals surface area contributed by atoms with Crippen LogP contribution < -0.4 is 15.0 Å². The van der Waals surface area contributed by atoms with Crippen LogP contribution in [0, 0.1) is 5.92 Å². The molecule has 1 saturated heterocycles. The van der Waals surface area contributed by atoms with Crippen LogP contribution >= 0.6 is 11.3 Å². The number of carbonyl (C=O) groups excluding carboxylic acids is 1. The van der Waals surface area contributed by atoms with E-state index in [4.69, 9.17) is 4.74 Å². The molecule has 26 heavy (non-hydrogen) atoms. The fourth-order valence-electron chi connectivity index (χ4n) is 3.12. The van der Waals surface area contributed by atoms with E-state index in [1.54, 1.807) is 25.7 Å². The quantitative estimate of drug-likeness (QED) is 0.762. The Morgan fingerprint density at radius 1 is 1.31 bits per heavy atom. The molecule has 1 amide bonds. The minimum atomic E-state index is -0.00975. The number of hydrogen-bond acceptors (Lipinski definition) is 7. The van der Waals surface area contributed by atoms with Crippen LogP contribution in [-0.4, -0.2) is 41.1 Å². The number of anilines is 2. The van der Waals surface area contributed by atoms with E-state index in [0.717, 1.165) is 47.7 Å². The third kappa shape index (κ3) is 3.45. The smallest absolute Gasteiger partial charge is 0.229 e. The topological polar surface area (TPSA) is 80.2 Å². The van der Waals surface area contributed by atoms with Crippen LogP contribution in [0.15, 0.2) is 36.8 Å². The lowest BCUT2D eigenvalue weighted by atomic mass is 9.96. The number of methoxy groups -OCH3 is 1. The lowest BCUT2D eigenvalue weighted by molar-refractivity contribution is -0.120. The number of fused-ring (bicyclic) bond motifs is 1. The zero-order valence-electron chi connectivity index (χ0n) is 14.4. The summed E-state index contributed by atoms with van der Waals surface area (Å²) in [6.45, 7) is 1.60. The van der Waals surface area contributed by atoms with Crippen LogP contribution in [0.25, 0.3) is 10.2 Å². The van der Waals surface area contributed by atoms with Crippen molar-refractivity contribution in [1.29, 1.82) is 0 Å².